The molecule has 1 atom stereocenters. The molecule has 1 aliphatic heterocycles. The number of rotatable bonds is 5. The van der Waals surface area contributed by atoms with Gasteiger partial charge in [0.05, 0.1) is 12.6 Å². The Morgan fingerprint density at radius 2 is 2.10 bits per heavy atom. The lowest BCUT2D eigenvalue weighted by molar-refractivity contribution is 0.0606. The first-order chi connectivity index (χ1) is 14.0. The van der Waals surface area contributed by atoms with Gasteiger partial charge in [-0.3, -0.25) is 9.59 Å². The molecule has 0 radical (unpaired) electrons. The van der Waals surface area contributed by atoms with Crippen LogP contribution < -0.4 is 5.32 Å². The van der Waals surface area contributed by atoms with Gasteiger partial charge in [-0.15, -0.1) is 0 Å². The predicted octanol–water partition coefficient (Wildman–Crippen LogP) is 2.53. The van der Waals surface area contributed by atoms with Gasteiger partial charge in [0, 0.05) is 43.9 Å². The van der Waals surface area contributed by atoms with E-state index in [0.29, 0.717) is 49.1 Å². The van der Waals surface area contributed by atoms with Gasteiger partial charge in [-0.05, 0) is 19.9 Å². The highest BCUT2D eigenvalue weighted by molar-refractivity contribution is 5.99. The van der Waals surface area contributed by atoms with Crippen LogP contribution in [0.15, 0.2) is 34.9 Å². The van der Waals surface area contributed by atoms with Gasteiger partial charge in [-0.2, -0.15) is 0 Å². The van der Waals surface area contributed by atoms with Crippen molar-refractivity contribution in [2.45, 2.75) is 26.4 Å². The Morgan fingerprint density at radius 3 is 2.86 bits per heavy atom. The van der Waals surface area contributed by atoms with Crippen LogP contribution in [0.5, 0.6) is 0 Å². The highest BCUT2D eigenvalue weighted by Crippen LogP contribution is 2.30. The number of hydrogen-bond acceptors (Lipinski definition) is 5. The Labute approximate surface area is 168 Å². The summed E-state index contributed by atoms with van der Waals surface area (Å²) in [5.41, 5.74) is 1.89. The van der Waals surface area contributed by atoms with Crippen molar-refractivity contribution in [1.29, 1.82) is 0 Å². The molecule has 2 aromatic heterocycles. The van der Waals surface area contributed by atoms with Crippen LogP contribution in [0.2, 0.25) is 0 Å². The van der Waals surface area contributed by atoms with E-state index in [1.807, 2.05) is 42.7 Å². The summed E-state index contributed by atoms with van der Waals surface area (Å²) in [4.78, 5) is 31.8. The number of para-hydroxylation sites is 1. The Bertz CT molecular complexity index is 1070. The Hall–Kier alpha value is -3.13. The molecule has 0 bridgehead atoms. The molecule has 1 aromatic carbocycles. The van der Waals surface area contributed by atoms with Crippen molar-refractivity contribution in [3.05, 3.63) is 53.3 Å². The first-order valence-electron chi connectivity index (χ1n) is 9.64. The summed E-state index contributed by atoms with van der Waals surface area (Å²) in [6, 6.07) is 7.35. The van der Waals surface area contributed by atoms with E-state index in [1.165, 1.54) is 0 Å². The average Bonchev–Trinajstić information content (AvgIpc) is 3.30. The second-order valence-electron chi connectivity index (χ2n) is 7.15. The minimum atomic E-state index is -0.274. The number of amides is 2. The molecule has 3 aromatic rings. The number of nitrogens with zero attached hydrogens (tertiary/aromatic N) is 3. The van der Waals surface area contributed by atoms with Crippen LogP contribution in [0.3, 0.4) is 0 Å². The van der Waals surface area contributed by atoms with Crippen LogP contribution in [-0.2, 0) is 11.3 Å². The first-order valence-corrected chi connectivity index (χ1v) is 9.64. The fraction of sp³-hybridized carbons (Fsp3) is 0.381. The molecule has 152 valence electrons. The number of nitrogens with one attached hydrogen (secondary N) is 1. The Kier molecular flexibility index (Phi) is 5.10. The summed E-state index contributed by atoms with van der Waals surface area (Å²) in [5, 5.41) is 3.71. The molecule has 0 unspecified atom stereocenters. The Balaban J connectivity index is 1.56. The molecule has 8 nitrogen and oxygen atoms in total. The zero-order chi connectivity index (χ0) is 20.5. The molecular weight excluding hydrogens is 372 g/mol. The van der Waals surface area contributed by atoms with Crippen molar-refractivity contribution >= 4 is 22.8 Å². The number of furan rings is 1. The van der Waals surface area contributed by atoms with Gasteiger partial charge in [0.15, 0.2) is 5.76 Å². The van der Waals surface area contributed by atoms with E-state index in [9.17, 15) is 9.59 Å². The number of ether oxygens (including phenoxy) is 1. The van der Waals surface area contributed by atoms with E-state index in [4.69, 9.17) is 9.15 Å². The normalized spacial score (nSPS) is 16.1. The van der Waals surface area contributed by atoms with Gasteiger partial charge in [-0.25, -0.2) is 4.98 Å². The number of carbonyl (C=O) groups is 2. The maximum Gasteiger partial charge on any atom is 0.290 e. The molecule has 0 spiro atoms. The second-order valence-corrected chi connectivity index (χ2v) is 7.15. The van der Waals surface area contributed by atoms with Gasteiger partial charge >= 0.3 is 0 Å². The van der Waals surface area contributed by atoms with Crippen LogP contribution >= 0.6 is 0 Å². The van der Waals surface area contributed by atoms with Crippen molar-refractivity contribution in [3.8, 4) is 0 Å². The van der Waals surface area contributed by atoms with Crippen molar-refractivity contribution in [1.82, 2.24) is 19.8 Å². The fourth-order valence-corrected chi connectivity index (χ4v) is 3.74. The monoisotopic (exact) mass is 396 g/mol. The molecule has 0 fully saturated rings. The summed E-state index contributed by atoms with van der Waals surface area (Å²) >= 11 is 0. The number of hydrogen-bond donors (Lipinski definition) is 1. The summed E-state index contributed by atoms with van der Waals surface area (Å²) in [5.74, 6) is 0.638. The van der Waals surface area contributed by atoms with E-state index in [-0.39, 0.29) is 17.9 Å². The minimum Gasteiger partial charge on any atom is -0.451 e. The van der Waals surface area contributed by atoms with E-state index < -0.39 is 0 Å². The molecule has 1 aliphatic rings. The number of fused-ring (bicyclic) bond motifs is 2. The number of benzene rings is 1. The van der Waals surface area contributed by atoms with Crippen molar-refractivity contribution in [2.75, 3.05) is 26.8 Å². The third-order valence-corrected chi connectivity index (χ3v) is 5.35. The van der Waals surface area contributed by atoms with Crippen LogP contribution in [0, 0.1) is 6.92 Å². The lowest BCUT2D eigenvalue weighted by atomic mass is 10.1. The quantitative estimate of drug-likeness (QED) is 0.670. The molecule has 29 heavy (non-hydrogen) atoms. The highest BCUT2D eigenvalue weighted by atomic mass is 16.5. The van der Waals surface area contributed by atoms with Crippen molar-refractivity contribution in [3.63, 3.8) is 0 Å². The lowest BCUT2D eigenvalue weighted by Crippen LogP contribution is -2.41. The zero-order valence-corrected chi connectivity index (χ0v) is 16.8. The molecule has 8 heteroatoms. The Morgan fingerprint density at radius 1 is 1.31 bits per heavy atom. The molecular formula is C21H24N4O4. The highest BCUT2D eigenvalue weighted by Gasteiger charge is 2.33. The minimum absolute atomic E-state index is 0.161. The molecule has 3 heterocycles. The molecule has 0 saturated carbocycles. The SMILES string of the molecule is COCCNC(=O)c1cn2c(n1)[C@H](C)N(C(=O)c1oc3ccccc3c1C)CC2. The number of methoxy groups -OCH3 is 1. The second kappa shape index (κ2) is 7.71. The summed E-state index contributed by atoms with van der Waals surface area (Å²) in [7, 11) is 1.58. The van der Waals surface area contributed by atoms with Gasteiger partial charge in [0.2, 0.25) is 0 Å². The molecule has 1 N–H and O–H groups in total. The van der Waals surface area contributed by atoms with Gasteiger partial charge in [-0.1, -0.05) is 18.2 Å². The zero-order valence-electron chi connectivity index (χ0n) is 16.8. The maximum atomic E-state index is 13.2. The largest absolute Gasteiger partial charge is 0.451 e. The van der Waals surface area contributed by atoms with E-state index in [2.05, 4.69) is 10.3 Å². The number of aromatic nitrogens is 2. The maximum absolute atomic E-state index is 13.2. The average molecular weight is 396 g/mol. The smallest absolute Gasteiger partial charge is 0.290 e. The van der Waals surface area contributed by atoms with E-state index in [0.717, 1.165) is 10.9 Å². The van der Waals surface area contributed by atoms with E-state index in [1.54, 1.807) is 18.2 Å². The third kappa shape index (κ3) is 3.40. The predicted molar refractivity (Wildman–Crippen MR) is 107 cm³/mol. The van der Waals surface area contributed by atoms with Crippen LogP contribution in [0.25, 0.3) is 11.0 Å². The van der Waals surface area contributed by atoms with Crippen LogP contribution in [0.4, 0.5) is 0 Å². The van der Waals surface area contributed by atoms with Gasteiger partial charge < -0.3 is 23.9 Å². The molecule has 2 amide bonds. The number of aryl methyl sites for hydroxylation is 1. The van der Waals surface area contributed by atoms with Gasteiger partial charge in [0.25, 0.3) is 11.8 Å². The molecule has 0 saturated heterocycles. The van der Waals surface area contributed by atoms with Crippen molar-refractivity contribution in [2.24, 2.45) is 0 Å². The topological polar surface area (TPSA) is 89.6 Å². The summed E-state index contributed by atoms with van der Waals surface area (Å²) in [6.07, 6.45) is 1.74. The first kappa shape index (κ1) is 19.2. The van der Waals surface area contributed by atoms with Gasteiger partial charge in [0.1, 0.15) is 17.1 Å². The van der Waals surface area contributed by atoms with Crippen LogP contribution in [0.1, 0.15) is 45.4 Å². The lowest BCUT2D eigenvalue weighted by Gasteiger charge is -2.33. The van der Waals surface area contributed by atoms with Crippen molar-refractivity contribution < 1.29 is 18.7 Å². The molecule has 0 aliphatic carbocycles. The fourth-order valence-electron chi connectivity index (χ4n) is 3.74. The third-order valence-electron chi connectivity index (χ3n) is 5.35. The molecule has 4 rings (SSSR count). The summed E-state index contributed by atoms with van der Waals surface area (Å²) in [6.45, 7) is 5.77. The number of carbonyl (C=O) groups excluding carboxylic acids is 2. The number of imidazole rings is 1. The van der Waals surface area contributed by atoms with E-state index >= 15 is 0 Å². The standard InChI is InChI=1S/C21H24N4O4/c1-13-15-6-4-5-7-17(15)29-18(13)21(27)25-10-9-24-12-16(23-19(24)14(25)2)20(26)22-8-11-28-3/h4-7,12,14H,8-11H2,1-3H3,(H,22,26)/t14-/m0/s1. The summed E-state index contributed by atoms with van der Waals surface area (Å²) < 4.78 is 12.7. The van der Waals surface area contributed by atoms with Crippen LogP contribution in [-0.4, -0.2) is 53.1 Å².